The van der Waals surface area contributed by atoms with E-state index in [4.69, 9.17) is 5.11 Å². The molecule has 0 heterocycles. The summed E-state index contributed by atoms with van der Waals surface area (Å²) in [6.07, 6.45) is 4.81. The number of nitrogens with one attached hydrogen (secondary N) is 2. The Morgan fingerprint density at radius 2 is 1.61 bits per heavy atom. The summed E-state index contributed by atoms with van der Waals surface area (Å²) >= 11 is 0. The van der Waals surface area contributed by atoms with Gasteiger partial charge in [0, 0.05) is 17.3 Å². The second-order valence-corrected chi connectivity index (χ2v) is 10.3. The van der Waals surface area contributed by atoms with Crippen LogP contribution in [0, 0.1) is 17.8 Å². The number of hydrogen-bond acceptors (Lipinski definition) is 4. The molecule has 0 radical (unpaired) electrons. The Kier molecular flexibility index (Phi) is 5.85. The molecule has 8 heteroatoms. The van der Waals surface area contributed by atoms with E-state index in [1.165, 1.54) is 55.7 Å². The van der Waals surface area contributed by atoms with Crippen LogP contribution in [-0.4, -0.2) is 31.4 Å². The van der Waals surface area contributed by atoms with E-state index < -0.39 is 21.9 Å². The Morgan fingerprint density at radius 1 is 0.968 bits per heavy atom. The first-order valence-electron chi connectivity index (χ1n) is 10.5. The summed E-state index contributed by atoms with van der Waals surface area (Å²) in [5, 5.41) is 11.6. The predicted molar refractivity (Wildman–Crippen MR) is 117 cm³/mol. The lowest BCUT2D eigenvalue weighted by atomic mass is 9.84. The first-order chi connectivity index (χ1) is 14.7. The highest BCUT2D eigenvalue weighted by atomic mass is 32.2. The lowest BCUT2D eigenvalue weighted by molar-refractivity contribution is 0.0696. The number of anilines is 1. The van der Waals surface area contributed by atoms with Crippen LogP contribution in [0.4, 0.5) is 5.69 Å². The van der Waals surface area contributed by atoms with Crippen molar-refractivity contribution in [1.29, 1.82) is 0 Å². The SMILES string of the molecule is C[C@@H](NS(=O)(=O)c1ccc(NC(=O)c2ccc(C(=O)O)cc2)cc1)[C@@H]1C[C@H]2CC[C@H]1C2. The fraction of sp³-hybridized carbons (Fsp3) is 0.391. The van der Waals surface area contributed by atoms with Crippen LogP contribution in [0.15, 0.2) is 53.4 Å². The van der Waals surface area contributed by atoms with Crippen LogP contribution in [0.2, 0.25) is 0 Å². The first-order valence-corrected chi connectivity index (χ1v) is 12.0. The number of amides is 1. The molecule has 7 nitrogen and oxygen atoms in total. The van der Waals surface area contributed by atoms with E-state index in [1.54, 1.807) is 12.1 Å². The topological polar surface area (TPSA) is 113 Å². The normalized spacial score (nSPS) is 23.5. The van der Waals surface area contributed by atoms with Crippen molar-refractivity contribution in [2.75, 3.05) is 5.32 Å². The summed E-state index contributed by atoms with van der Waals surface area (Å²) in [5.41, 5.74) is 0.855. The molecule has 31 heavy (non-hydrogen) atoms. The van der Waals surface area contributed by atoms with Crippen molar-refractivity contribution in [3.63, 3.8) is 0 Å². The molecule has 0 aliphatic heterocycles. The van der Waals surface area contributed by atoms with Gasteiger partial charge in [-0.2, -0.15) is 0 Å². The number of rotatable bonds is 7. The maximum absolute atomic E-state index is 12.8. The van der Waals surface area contributed by atoms with Crippen molar-refractivity contribution in [3.8, 4) is 0 Å². The highest BCUT2D eigenvalue weighted by Gasteiger charge is 2.42. The van der Waals surface area contributed by atoms with Gasteiger partial charge in [-0.1, -0.05) is 6.42 Å². The van der Waals surface area contributed by atoms with E-state index in [0.717, 1.165) is 12.3 Å². The summed E-state index contributed by atoms with van der Waals surface area (Å²) in [7, 11) is -3.64. The molecule has 2 saturated carbocycles. The Labute approximate surface area is 181 Å². The summed E-state index contributed by atoms with van der Waals surface area (Å²) in [5.74, 6) is 0.317. The quantitative estimate of drug-likeness (QED) is 0.605. The number of aromatic carboxylic acids is 1. The van der Waals surface area contributed by atoms with Gasteiger partial charge >= 0.3 is 5.97 Å². The molecule has 1 amide bonds. The van der Waals surface area contributed by atoms with Gasteiger partial charge in [0.05, 0.1) is 10.5 Å². The predicted octanol–water partition coefficient (Wildman–Crippen LogP) is 3.74. The minimum Gasteiger partial charge on any atom is -0.478 e. The van der Waals surface area contributed by atoms with Gasteiger partial charge in [-0.05, 0) is 92.5 Å². The molecule has 4 rings (SSSR count). The number of sulfonamides is 1. The van der Waals surface area contributed by atoms with Crippen LogP contribution < -0.4 is 10.0 Å². The number of carboxylic acid groups (broad SMARTS) is 1. The van der Waals surface area contributed by atoms with E-state index in [1.807, 2.05) is 6.92 Å². The van der Waals surface area contributed by atoms with Gasteiger partial charge in [-0.3, -0.25) is 4.79 Å². The number of carboxylic acids is 1. The number of hydrogen-bond donors (Lipinski definition) is 3. The van der Waals surface area contributed by atoms with E-state index in [-0.39, 0.29) is 16.5 Å². The summed E-state index contributed by atoms with van der Waals surface area (Å²) in [4.78, 5) is 23.4. The fourth-order valence-electron chi connectivity index (χ4n) is 4.99. The van der Waals surface area contributed by atoms with Gasteiger partial charge in [0.25, 0.3) is 5.91 Å². The van der Waals surface area contributed by atoms with E-state index in [2.05, 4.69) is 10.0 Å². The van der Waals surface area contributed by atoms with Crippen molar-refractivity contribution in [2.45, 2.75) is 43.5 Å². The van der Waals surface area contributed by atoms with Crippen LogP contribution in [-0.2, 0) is 10.0 Å². The average Bonchev–Trinajstić information content (AvgIpc) is 3.38. The fourth-order valence-corrected chi connectivity index (χ4v) is 6.29. The maximum Gasteiger partial charge on any atom is 0.335 e. The van der Waals surface area contributed by atoms with Gasteiger partial charge in [0.2, 0.25) is 10.0 Å². The number of carbonyl (C=O) groups is 2. The molecule has 0 aromatic heterocycles. The largest absolute Gasteiger partial charge is 0.478 e. The molecule has 0 unspecified atom stereocenters. The van der Waals surface area contributed by atoms with Crippen LogP contribution >= 0.6 is 0 Å². The smallest absolute Gasteiger partial charge is 0.335 e. The molecule has 2 aliphatic carbocycles. The van der Waals surface area contributed by atoms with Crippen LogP contribution in [0.25, 0.3) is 0 Å². The summed E-state index contributed by atoms with van der Waals surface area (Å²) in [6.45, 7) is 1.95. The highest BCUT2D eigenvalue weighted by Crippen LogP contribution is 2.49. The minimum atomic E-state index is -3.64. The number of carbonyl (C=O) groups excluding carboxylic acids is 1. The van der Waals surface area contributed by atoms with Crippen LogP contribution in [0.1, 0.15) is 53.3 Å². The lowest BCUT2D eigenvalue weighted by Crippen LogP contribution is -2.40. The summed E-state index contributed by atoms with van der Waals surface area (Å²) in [6, 6.07) is 11.5. The highest BCUT2D eigenvalue weighted by molar-refractivity contribution is 7.89. The average molecular weight is 443 g/mol. The standard InChI is InChI=1S/C23H26N2O5S/c1-14(21-13-15-2-3-18(21)12-15)25-31(29,30)20-10-8-19(9-11-20)24-22(26)16-4-6-17(7-5-16)23(27)28/h4-11,14-15,18,21,25H,2-3,12-13H2,1H3,(H,24,26)(H,27,28)/t14-,15+,18+,21+/m1/s1. The zero-order valence-electron chi connectivity index (χ0n) is 17.2. The molecule has 2 aromatic rings. The Hall–Kier alpha value is -2.71. The zero-order chi connectivity index (χ0) is 22.2. The Bertz CT molecular complexity index is 1080. The molecule has 2 fully saturated rings. The number of benzene rings is 2. The third-order valence-corrected chi connectivity index (χ3v) is 8.17. The third kappa shape index (κ3) is 4.65. The van der Waals surface area contributed by atoms with Crippen molar-refractivity contribution >= 4 is 27.6 Å². The summed E-state index contributed by atoms with van der Waals surface area (Å²) < 4.78 is 28.4. The molecule has 0 saturated heterocycles. The first kappa shape index (κ1) is 21.5. The molecular formula is C23H26N2O5S. The molecule has 0 spiro atoms. The van der Waals surface area contributed by atoms with E-state index in [0.29, 0.717) is 23.1 Å². The number of fused-ring (bicyclic) bond motifs is 2. The Morgan fingerprint density at radius 3 is 2.16 bits per heavy atom. The zero-order valence-corrected chi connectivity index (χ0v) is 18.1. The van der Waals surface area contributed by atoms with Crippen molar-refractivity contribution < 1.29 is 23.1 Å². The van der Waals surface area contributed by atoms with Gasteiger partial charge in [0.1, 0.15) is 0 Å². The molecule has 4 atom stereocenters. The molecule has 3 N–H and O–H groups in total. The molecule has 2 aromatic carbocycles. The van der Waals surface area contributed by atoms with Crippen LogP contribution in [0.3, 0.4) is 0 Å². The Balaban J connectivity index is 1.38. The van der Waals surface area contributed by atoms with E-state index in [9.17, 15) is 18.0 Å². The molecule has 164 valence electrons. The van der Waals surface area contributed by atoms with Crippen molar-refractivity contribution in [2.24, 2.45) is 17.8 Å². The molecule has 2 bridgehead atoms. The maximum atomic E-state index is 12.8. The molecule has 2 aliphatic rings. The van der Waals surface area contributed by atoms with Crippen molar-refractivity contribution in [3.05, 3.63) is 59.7 Å². The van der Waals surface area contributed by atoms with E-state index >= 15 is 0 Å². The minimum absolute atomic E-state index is 0.0956. The lowest BCUT2D eigenvalue weighted by Gasteiger charge is -2.28. The monoisotopic (exact) mass is 442 g/mol. The second kappa shape index (κ2) is 8.43. The van der Waals surface area contributed by atoms with Gasteiger partial charge in [-0.15, -0.1) is 0 Å². The molecular weight excluding hydrogens is 416 g/mol. The van der Waals surface area contributed by atoms with Gasteiger partial charge < -0.3 is 10.4 Å². The van der Waals surface area contributed by atoms with Gasteiger partial charge in [-0.25, -0.2) is 17.9 Å². The van der Waals surface area contributed by atoms with Crippen molar-refractivity contribution in [1.82, 2.24) is 4.72 Å². The third-order valence-electron chi connectivity index (χ3n) is 6.59. The second-order valence-electron chi connectivity index (χ2n) is 8.61. The van der Waals surface area contributed by atoms with Crippen LogP contribution in [0.5, 0.6) is 0 Å². The van der Waals surface area contributed by atoms with Gasteiger partial charge in [0.15, 0.2) is 0 Å².